The molecule has 2 bridgehead atoms. The van der Waals surface area contributed by atoms with Gasteiger partial charge in [-0.05, 0) is 55.9 Å². The van der Waals surface area contributed by atoms with Crippen LogP contribution < -0.4 is 0 Å². The Kier molecular flexibility index (Phi) is 2.55. The van der Waals surface area contributed by atoms with Crippen LogP contribution in [0.15, 0.2) is 24.5 Å². The molecule has 0 spiro atoms. The summed E-state index contributed by atoms with van der Waals surface area (Å²) >= 11 is 0. The van der Waals surface area contributed by atoms with Crippen LogP contribution in [0, 0.1) is 12.8 Å². The minimum atomic E-state index is 0.663. The van der Waals surface area contributed by atoms with Gasteiger partial charge in [0.15, 0.2) is 0 Å². The largest absolute Gasteiger partial charge is 0.294 e. The van der Waals surface area contributed by atoms with E-state index < -0.39 is 0 Å². The highest BCUT2D eigenvalue weighted by atomic mass is 15.2. The fourth-order valence-electron chi connectivity index (χ4n) is 3.26. The Bertz CT molecular complexity index is 462. The highest BCUT2D eigenvalue weighted by Crippen LogP contribution is 2.42. The first-order valence-electron chi connectivity index (χ1n) is 6.54. The van der Waals surface area contributed by atoms with E-state index in [9.17, 15) is 0 Å². The van der Waals surface area contributed by atoms with Gasteiger partial charge in [0.2, 0.25) is 0 Å². The van der Waals surface area contributed by atoms with Gasteiger partial charge in [-0.25, -0.2) is 0 Å². The van der Waals surface area contributed by atoms with Crippen LogP contribution in [0.5, 0.6) is 0 Å². The molecule has 0 amide bonds. The maximum absolute atomic E-state index is 4.31. The van der Waals surface area contributed by atoms with E-state index in [1.807, 2.05) is 12.4 Å². The summed E-state index contributed by atoms with van der Waals surface area (Å²) in [4.78, 5) is 6.92. The maximum Gasteiger partial charge on any atom is 0.0343 e. The molecule has 2 nitrogen and oxygen atoms in total. The van der Waals surface area contributed by atoms with E-state index in [0.717, 1.165) is 5.92 Å². The summed E-state index contributed by atoms with van der Waals surface area (Å²) in [5.74, 6) is 0.728. The third-order valence-corrected chi connectivity index (χ3v) is 4.07. The first-order valence-corrected chi connectivity index (χ1v) is 6.54. The molecule has 1 aromatic rings. The Hall–Kier alpha value is -1.15. The first kappa shape index (κ1) is 11.0. The number of rotatable bonds is 2. The second-order valence-electron chi connectivity index (χ2n) is 5.66. The molecule has 2 heteroatoms. The van der Waals surface area contributed by atoms with Crippen LogP contribution in [0.3, 0.4) is 0 Å². The summed E-state index contributed by atoms with van der Waals surface area (Å²) in [6.07, 6.45) is 7.71. The summed E-state index contributed by atoms with van der Waals surface area (Å²) in [7, 11) is 0. The Labute approximate surface area is 103 Å². The number of fused-ring (bicyclic) bond motifs is 2. The van der Waals surface area contributed by atoms with Gasteiger partial charge in [0.05, 0.1) is 0 Å². The number of aryl methyl sites for hydroxylation is 1. The lowest BCUT2D eigenvalue weighted by atomic mass is 9.95. The van der Waals surface area contributed by atoms with Crippen molar-refractivity contribution < 1.29 is 0 Å². The molecule has 1 aliphatic heterocycles. The summed E-state index contributed by atoms with van der Waals surface area (Å²) in [6.45, 7) is 7.93. The van der Waals surface area contributed by atoms with Crippen molar-refractivity contribution in [2.24, 2.45) is 5.92 Å². The lowest BCUT2D eigenvalue weighted by Gasteiger charge is -2.29. The van der Waals surface area contributed by atoms with Crippen molar-refractivity contribution in [3.63, 3.8) is 0 Å². The Morgan fingerprint density at radius 3 is 2.76 bits per heavy atom. The molecule has 1 aliphatic carbocycles. The zero-order valence-corrected chi connectivity index (χ0v) is 10.9. The number of hydrogen-bond donors (Lipinski definition) is 0. The topological polar surface area (TPSA) is 16.1 Å². The van der Waals surface area contributed by atoms with Gasteiger partial charge < -0.3 is 0 Å². The Morgan fingerprint density at radius 2 is 2.18 bits per heavy atom. The van der Waals surface area contributed by atoms with Crippen LogP contribution in [0.2, 0.25) is 0 Å². The highest BCUT2D eigenvalue weighted by molar-refractivity contribution is 5.71. The zero-order valence-electron chi connectivity index (χ0n) is 10.9. The molecule has 0 saturated carbocycles. The second-order valence-corrected chi connectivity index (χ2v) is 5.66. The molecular formula is C15H20N2. The van der Waals surface area contributed by atoms with Crippen molar-refractivity contribution >= 4 is 5.57 Å². The van der Waals surface area contributed by atoms with E-state index in [4.69, 9.17) is 0 Å². The van der Waals surface area contributed by atoms with Gasteiger partial charge in [0.1, 0.15) is 0 Å². The standard InChI is InChI=1S/C15H20N2/c1-10(2)17-9-13-5-14(17)6-15(13)12-4-11(3)7-16-8-12/h4,6-8,10,13-14H,5,9H2,1-3H3. The molecule has 17 heavy (non-hydrogen) atoms. The number of aromatic nitrogens is 1. The van der Waals surface area contributed by atoms with E-state index in [0.29, 0.717) is 12.1 Å². The van der Waals surface area contributed by atoms with E-state index in [1.54, 1.807) is 0 Å². The van der Waals surface area contributed by atoms with Crippen LogP contribution in [-0.4, -0.2) is 28.5 Å². The number of likely N-dealkylation sites (tertiary alicyclic amines) is 1. The quantitative estimate of drug-likeness (QED) is 0.773. The predicted octanol–water partition coefficient (Wildman–Crippen LogP) is 2.89. The number of nitrogens with zero attached hydrogens (tertiary/aromatic N) is 2. The van der Waals surface area contributed by atoms with Crippen molar-refractivity contribution in [2.45, 2.75) is 39.3 Å². The molecule has 2 aliphatic rings. The van der Waals surface area contributed by atoms with Crippen LogP contribution in [0.1, 0.15) is 31.4 Å². The van der Waals surface area contributed by atoms with E-state index in [-0.39, 0.29) is 0 Å². The smallest absolute Gasteiger partial charge is 0.0343 e. The average molecular weight is 228 g/mol. The fourth-order valence-corrected chi connectivity index (χ4v) is 3.26. The van der Waals surface area contributed by atoms with Crippen LogP contribution in [-0.2, 0) is 0 Å². The highest BCUT2D eigenvalue weighted by Gasteiger charge is 2.39. The predicted molar refractivity (Wildman–Crippen MR) is 70.7 cm³/mol. The van der Waals surface area contributed by atoms with Crippen LogP contribution >= 0.6 is 0 Å². The van der Waals surface area contributed by atoms with E-state index >= 15 is 0 Å². The van der Waals surface area contributed by atoms with Gasteiger partial charge in [-0.3, -0.25) is 9.88 Å². The van der Waals surface area contributed by atoms with E-state index in [2.05, 4.69) is 42.8 Å². The van der Waals surface area contributed by atoms with Gasteiger partial charge in [-0.2, -0.15) is 0 Å². The number of pyridine rings is 1. The monoisotopic (exact) mass is 228 g/mol. The molecule has 2 unspecified atom stereocenters. The molecule has 0 radical (unpaired) electrons. The lowest BCUT2D eigenvalue weighted by Crippen LogP contribution is -2.36. The fraction of sp³-hybridized carbons (Fsp3) is 0.533. The third kappa shape index (κ3) is 1.81. The summed E-state index contributed by atoms with van der Waals surface area (Å²) < 4.78 is 0. The van der Waals surface area contributed by atoms with Gasteiger partial charge in [0, 0.05) is 31.0 Å². The molecule has 1 saturated heterocycles. The average Bonchev–Trinajstić information content (AvgIpc) is 2.87. The molecular weight excluding hydrogens is 208 g/mol. The zero-order chi connectivity index (χ0) is 12.0. The second kappa shape index (κ2) is 3.95. The normalized spacial score (nSPS) is 27.9. The van der Waals surface area contributed by atoms with Crippen LogP contribution in [0.25, 0.3) is 5.57 Å². The summed E-state index contributed by atoms with van der Waals surface area (Å²) in [6, 6.07) is 3.59. The van der Waals surface area contributed by atoms with Crippen molar-refractivity contribution in [1.82, 2.24) is 9.88 Å². The van der Waals surface area contributed by atoms with Gasteiger partial charge in [-0.1, -0.05) is 6.08 Å². The van der Waals surface area contributed by atoms with Crippen molar-refractivity contribution in [2.75, 3.05) is 6.54 Å². The molecule has 0 aromatic carbocycles. The van der Waals surface area contributed by atoms with Gasteiger partial charge in [0.25, 0.3) is 0 Å². The summed E-state index contributed by atoms with van der Waals surface area (Å²) in [5, 5.41) is 0. The molecule has 90 valence electrons. The molecule has 0 N–H and O–H groups in total. The van der Waals surface area contributed by atoms with Gasteiger partial charge in [-0.15, -0.1) is 0 Å². The molecule has 2 atom stereocenters. The molecule has 3 rings (SSSR count). The van der Waals surface area contributed by atoms with Crippen molar-refractivity contribution in [3.05, 3.63) is 35.7 Å². The molecule has 1 aromatic heterocycles. The minimum Gasteiger partial charge on any atom is -0.294 e. The Balaban J connectivity index is 1.89. The minimum absolute atomic E-state index is 0.663. The van der Waals surface area contributed by atoms with Crippen molar-refractivity contribution in [1.29, 1.82) is 0 Å². The third-order valence-electron chi connectivity index (χ3n) is 4.07. The molecule has 1 fully saturated rings. The van der Waals surface area contributed by atoms with E-state index in [1.165, 1.54) is 29.7 Å². The number of hydrogen-bond acceptors (Lipinski definition) is 2. The lowest BCUT2D eigenvalue weighted by molar-refractivity contribution is 0.227. The van der Waals surface area contributed by atoms with Crippen molar-refractivity contribution in [3.8, 4) is 0 Å². The Morgan fingerprint density at radius 1 is 1.35 bits per heavy atom. The van der Waals surface area contributed by atoms with Crippen LogP contribution in [0.4, 0.5) is 0 Å². The molecule has 2 heterocycles. The van der Waals surface area contributed by atoms with Gasteiger partial charge >= 0.3 is 0 Å². The SMILES string of the molecule is Cc1cncc(C2=CC3CC2CN3C(C)C)c1. The first-order chi connectivity index (χ1) is 8.15. The maximum atomic E-state index is 4.31. The summed E-state index contributed by atoms with van der Waals surface area (Å²) in [5.41, 5.74) is 4.12.